The van der Waals surface area contributed by atoms with Gasteiger partial charge < -0.3 is 15.4 Å². The molecular formula is C15H29N3O2. The fourth-order valence-corrected chi connectivity index (χ4v) is 2.91. The zero-order valence-electron chi connectivity index (χ0n) is 12.9. The Morgan fingerprint density at radius 2 is 2.20 bits per heavy atom. The lowest BCUT2D eigenvalue weighted by atomic mass is 10.2. The van der Waals surface area contributed by atoms with Gasteiger partial charge in [-0.2, -0.15) is 0 Å². The average molecular weight is 283 g/mol. The number of amides is 1. The van der Waals surface area contributed by atoms with Gasteiger partial charge in [-0.25, -0.2) is 0 Å². The number of hydrogen-bond acceptors (Lipinski definition) is 4. The van der Waals surface area contributed by atoms with E-state index in [1.807, 2.05) is 6.92 Å². The van der Waals surface area contributed by atoms with Gasteiger partial charge in [-0.15, -0.1) is 0 Å². The van der Waals surface area contributed by atoms with Crippen LogP contribution in [0.15, 0.2) is 0 Å². The molecule has 5 heteroatoms. The molecule has 2 rings (SSSR count). The minimum atomic E-state index is 0.0832. The number of methoxy groups -OCH3 is 1. The minimum Gasteiger partial charge on any atom is -0.383 e. The summed E-state index contributed by atoms with van der Waals surface area (Å²) < 4.78 is 5.05. The molecule has 1 heterocycles. The largest absolute Gasteiger partial charge is 0.383 e. The zero-order valence-corrected chi connectivity index (χ0v) is 12.9. The molecule has 2 unspecified atom stereocenters. The molecule has 1 amide bonds. The molecule has 116 valence electrons. The molecule has 2 fully saturated rings. The Bertz CT molecular complexity index is 301. The normalized spacial score (nSPS) is 24.1. The zero-order chi connectivity index (χ0) is 14.4. The van der Waals surface area contributed by atoms with E-state index in [4.69, 9.17) is 4.74 Å². The Morgan fingerprint density at radius 3 is 2.80 bits per heavy atom. The Morgan fingerprint density at radius 1 is 1.40 bits per heavy atom. The van der Waals surface area contributed by atoms with Crippen LogP contribution in [0.3, 0.4) is 0 Å². The van der Waals surface area contributed by atoms with Crippen molar-refractivity contribution in [2.24, 2.45) is 5.92 Å². The maximum absolute atomic E-state index is 12.1. The first-order chi connectivity index (χ1) is 9.67. The van der Waals surface area contributed by atoms with Gasteiger partial charge in [0, 0.05) is 32.3 Å². The fourth-order valence-electron chi connectivity index (χ4n) is 2.91. The maximum atomic E-state index is 12.1. The summed E-state index contributed by atoms with van der Waals surface area (Å²) in [5.41, 5.74) is 0. The number of hydrogen-bond donors (Lipinski definition) is 2. The molecule has 2 aliphatic rings. The van der Waals surface area contributed by atoms with Gasteiger partial charge >= 0.3 is 0 Å². The van der Waals surface area contributed by atoms with Crippen LogP contribution in [-0.4, -0.2) is 62.8 Å². The second kappa shape index (κ2) is 7.96. The summed E-state index contributed by atoms with van der Waals surface area (Å²) in [6.07, 6.45) is 5.16. The molecular weight excluding hydrogens is 254 g/mol. The molecule has 0 aromatic carbocycles. The highest BCUT2D eigenvalue weighted by Gasteiger charge is 2.27. The van der Waals surface area contributed by atoms with Crippen molar-refractivity contribution >= 4 is 5.91 Å². The number of nitrogens with one attached hydrogen (secondary N) is 2. The van der Waals surface area contributed by atoms with Crippen molar-refractivity contribution in [3.05, 3.63) is 0 Å². The predicted molar refractivity (Wildman–Crippen MR) is 79.7 cm³/mol. The highest BCUT2D eigenvalue weighted by molar-refractivity contribution is 5.78. The van der Waals surface area contributed by atoms with E-state index < -0.39 is 0 Å². The smallest absolute Gasteiger partial charge is 0.234 e. The van der Waals surface area contributed by atoms with E-state index in [1.54, 1.807) is 7.11 Å². The fraction of sp³-hybridized carbons (Fsp3) is 0.933. The van der Waals surface area contributed by atoms with Crippen LogP contribution >= 0.6 is 0 Å². The van der Waals surface area contributed by atoms with E-state index in [-0.39, 0.29) is 11.9 Å². The summed E-state index contributed by atoms with van der Waals surface area (Å²) in [6.45, 7) is 6.26. The third kappa shape index (κ3) is 5.77. The lowest BCUT2D eigenvalue weighted by Gasteiger charge is -2.25. The molecule has 2 atom stereocenters. The van der Waals surface area contributed by atoms with E-state index in [0.717, 1.165) is 25.6 Å². The molecule has 0 aromatic heterocycles. The van der Waals surface area contributed by atoms with Crippen molar-refractivity contribution in [3.8, 4) is 0 Å². The van der Waals surface area contributed by atoms with Gasteiger partial charge in [0.05, 0.1) is 13.2 Å². The molecule has 0 aromatic rings. The van der Waals surface area contributed by atoms with E-state index in [1.165, 1.54) is 25.7 Å². The van der Waals surface area contributed by atoms with Crippen molar-refractivity contribution < 1.29 is 9.53 Å². The van der Waals surface area contributed by atoms with Gasteiger partial charge in [-0.05, 0) is 45.1 Å². The summed E-state index contributed by atoms with van der Waals surface area (Å²) in [5, 5.41) is 6.53. The molecule has 1 saturated carbocycles. The molecule has 0 bridgehead atoms. The van der Waals surface area contributed by atoms with Crippen LogP contribution in [0, 0.1) is 5.92 Å². The van der Waals surface area contributed by atoms with Crippen LogP contribution in [0.5, 0.6) is 0 Å². The number of nitrogens with zero attached hydrogens (tertiary/aromatic N) is 1. The Balaban J connectivity index is 1.74. The van der Waals surface area contributed by atoms with Crippen LogP contribution in [0.1, 0.15) is 32.6 Å². The Labute approximate surface area is 122 Å². The van der Waals surface area contributed by atoms with E-state index in [0.29, 0.717) is 19.2 Å². The Kier molecular flexibility index (Phi) is 6.26. The molecule has 0 radical (unpaired) electrons. The van der Waals surface area contributed by atoms with Gasteiger partial charge in [-0.3, -0.25) is 9.69 Å². The molecule has 1 saturated heterocycles. The van der Waals surface area contributed by atoms with E-state index in [2.05, 4.69) is 15.5 Å². The topological polar surface area (TPSA) is 53.6 Å². The lowest BCUT2D eigenvalue weighted by Crippen LogP contribution is -2.46. The van der Waals surface area contributed by atoms with Crippen molar-refractivity contribution in [3.63, 3.8) is 0 Å². The maximum Gasteiger partial charge on any atom is 0.234 e. The summed E-state index contributed by atoms with van der Waals surface area (Å²) in [7, 11) is 1.66. The number of rotatable bonds is 9. The van der Waals surface area contributed by atoms with Crippen LogP contribution in [-0.2, 0) is 9.53 Å². The number of carbonyl (C=O) groups is 1. The second-order valence-electron chi connectivity index (χ2n) is 6.35. The molecule has 5 nitrogen and oxygen atoms in total. The van der Waals surface area contributed by atoms with Crippen molar-refractivity contribution in [1.82, 2.24) is 15.5 Å². The minimum absolute atomic E-state index is 0.0832. The van der Waals surface area contributed by atoms with Crippen molar-refractivity contribution in [2.45, 2.75) is 44.7 Å². The van der Waals surface area contributed by atoms with Crippen LogP contribution < -0.4 is 10.6 Å². The monoisotopic (exact) mass is 283 g/mol. The summed E-state index contributed by atoms with van der Waals surface area (Å²) in [5.74, 6) is 0.939. The first-order valence-corrected chi connectivity index (χ1v) is 7.91. The third-order valence-corrected chi connectivity index (χ3v) is 4.05. The molecule has 1 aliphatic heterocycles. The second-order valence-corrected chi connectivity index (χ2v) is 6.35. The molecule has 0 spiro atoms. The van der Waals surface area contributed by atoms with Gasteiger partial charge in [0.15, 0.2) is 0 Å². The van der Waals surface area contributed by atoms with Crippen molar-refractivity contribution in [1.29, 1.82) is 0 Å². The molecule has 20 heavy (non-hydrogen) atoms. The summed E-state index contributed by atoms with van der Waals surface area (Å²) in [6, 6.07) is 0.651. The van der Waals surface area contributed by atoms with Gasteiger partial charge in [-0.1, -0.05) is 0 Å². The summed E-state index contributed by atoms with van der Waals surface area (Å²) in [4.78, 5) is 14.4. The molecule has 2 N–H and O–H groups in total. The van der Waals surface area contributed by atoms with Gasteiger partial charge in [0.25, 0.3) is 0 Å². The highest BCUT2D eigenvalue weighted by Crippen LogP contribution is 2.29. The average Bonchev–Trinajstić information content (AvgIpc) is 3.03. The quantitative estimate of drug-likeness (QED) is 0.651. The van der Waals surface area contributed by atoms with Crippen LogP contribution in [0.4, 0.5) is 0 Å². The number of carbonyl (C=O) groups excluding carboxylic acids is 1. The van der Waals surface area contributed by atoms with E-state index >= 15 is 0 Å². The first-order valence-electron chi connectivity index (χ1n) is 7.91. The SMILES string of the molecule is COCC(C)NC(=O)CN(CC1CC1)CC1CCCN1. The summed E-state index contributed by atoms with van der Waals surface area (Å²) >= 11 is 0. The Hall–Kier alpha value is -0.650. The van der Waals surface area contributed by atoms with E-state index in [9.17, 15) is 4.79 Å². The lowest BCUT2D eigenvalue weighted by molar-refractivity contribution is -0.123. The first kappa shape index (κ1) is 15.7. The third-order valence-electron chi connectivity index (χ3n) is 4.05. The van der Waals surface area contributed by atoms with Crippen LogP contribution in [0.25, 0.3) is 0 Å². The van der Waals surface area contributed by atoms with Crippen molar-refractivity contribution in [2.75, 3.05) is 39.9 Å². The number of ether oxygens (including phenoxy) is 1. The highest BCUT2D eigenvalue weighted by atomic mass is 16.5. The van der Waals surface area contributed by atoms with Gasteiger partial charge in [0.2, 0.25) is 5.91 Å². The van der Waals surface area contributed by atoms with Crippen LogP contribution in [0.2, 0.25) is 0 Å². The van der Waals surface area contributed by atoms with Gasteiger partial charge in [0.1, 0.15) is 0 Å². The standard InChI is InChI=1S/C15H29N3O2/c1-12(11-20-2)17-15(19)10-18(8-13-5-6-13)9-14-4-3-7-16-14/h12-14,16H,3-11H2,1-2H3,(H,17,19). The molecule has 1 aliphatic carbocycles. The predicted octanol–water partition coefficient (Wildman–Crippen LogP) is 0.602.